The van der Waals surface area contributed by atoms with E-state index < -0.39 is 0 Å². The average molecular weight is 461 g/mol. The molecule has 4 heterocycles. The fourth-order valence-corrected chi connectivity index (χ4v) is 5.64. The molecule has 1 aromatic carbocycles. The van der Waals surface area contributed by atoms with Crippen molar-refractivity contribution in [3.63, 3.8) is 0 Å². The van der Waals surface area contributed by atoms with Crippen LogP contribution in [0, 0.1) is 13.8 Å². The maximum atomic E-state index is 12.5. The van der Waals surface area contributed by atoms with Crippen LogP contribution in [0.2, 0.25) is 0 Å². The van der Waals surface area contributed by atoms with Gasteiger partial charge in [-0.1, -0.05) is 12.1 Å². The van der Waals surface area contributed by atoms with Gasteiger partial charge in [0.25, 0.3) is 11.5 Å². The number of aromatic amines is 1. The lowest BCUT2D eigenvalue weighted by Crippen LogP contribution is -2.44. The summed E-state index contributed by atoms with van der Waals surface area (Å²) < 4.78 is 0. The molecule has 2 N–H and O–H groups in total. The normalized spacial score (nSPS) is 19.6. The van der Waals surface area contributed by atoms with E-state index in [0.29, 0.717) is 17.1 Å². The number of hydrogen-bond acceptors (Lipinski definition) is 6. The molecule has 8 nitrogen and oxygen atoms in total. The Balaban J connectivity index is 1.24. The Morgan fingerprint density at radius 2 is 1.85 bits per heavy atom. The number of rotatable bonds is 4. The number of amides is 1. The molecule has 0 saturated carbocycles. The summed E-state index contributed by atoms with van der Waals surface area (Å²) in [5.41, 5.74) is 4.36. The lowest BCUT2D eigenvalue weighted by atomic mass is 10.0. The van der Waals surface area contributed by atoms with Crippen LogP contribution < -0.4 is 15.8 Å². The molecule has 178 valence electrons. The summed E-state index contributed by atoms with van der Waals surface area (Å²) in [6, 6.07) is 9.96. The maximum absolute atomic E-state index is 12.5. The number of aromatic nitrogens is 3. The molecule has 2 aromatic heterocycles. The number of nitrogens with zero attached hydrogens (tertiary/aromatic N) is 4. The minimum absolute atomic E-state index is 0.0471. The molecule has 2 aliphatic rings. The number of nitrogens with one attached hydrogen (secondary N) is 2. The number of piperidine rings is 1. The van der Waals surface area contributed by atoms with Gasteiger partial charge >= 0.3 is 0 Å². The van der Waals surface area contributed by atoms with Crippen molar-refractivity contribution in [3.8, 4) is 0 Å². The van der Waals surface area contributed by atoms with Crippen LogP contribution in [0.25, 0.3) is 10.9 Å². The van der Waals surface area contributed by atoms with Gasteiger partial charge in [-0.05, 0) is 63.4 Å². The zero-order valence-corrected chi connectivity index (χ0v) is 20.1. The highest BCUT2D eigenvalue weighted by molar-refractivity contribution is 5.92. The summed E-state index contributed by atoms with van der Waals surface area (Å²) in [7, 11) is 1.63. The molecule has 5 rings (SSSR count). The Bertz CT molecular complexity index is 1250. The average Bonchev–Trinajstić information content (AvgIpc) is 3.34. The van der Waals surface area contributed by atoms with E-state index in [1.165, 1.54) is 0 Å². The molecular weight excluding hydrogens is 428 g/mol. The summed E-state index contributed by atoms with van der Waals surface area (Å²) in [5.74, 6) is 0.931. The van der Waals surface area contributed by atoms with Crippen molar-refractivity contribution in [2.75, 3.05) is 38.1 Å². The highest BCUT2D eigenvalue weighted by Gasteiger charge is 2.33. The maximum Gasteiger partial charge on any atom is 0.269 e. The van der Waals surface area contributed by atoms with Gasteiger partial charge in [0.05, 0.1) is 22.3 Å². The molecule has 0 bridgehead atoms. The van der Waals surface area contributed by atoms with E-state index >= 15 is 0 Å². The third kappa shape index (κ3) is 4.18. The van der Waals surface area contributed by atoms with Gasteiger partial charge in [-0.25, -0.2) is 9.97 Å². The van der Waals surface area contributed by atoms with E-state index in [-0.39, 0.29) is 17.4 Å². The van der Waals surface area contributed by atoms with Crippen LogP contribution in [0.3, 0.4) is 0 Å². The number of para-hydroxylation sites is 1. The smallest absolute Gasteiger partial charge is 0.269 e. The Labute approximate surface area is 199 Å². The van der Waals surface area contributed by atoms with E-state index in [4.69, 9.17) is 4.98 Å². The van der Waals surface area contributed by atoms with E-state index in [1.54, 1.807) is 7.05 Å². The topological polar surface area (TPSA) is 94.2 Å². The van der Waals surface area contributed by atoms with Crippen molar-refractivity contribution >= 4 is 22.5 Å². The Hall–Kier alpha value is -3.26. The highest BCUT2D eigenvalue weighted by atomic mass is 16.1. The lowest BCUT2D eigenvalue weighted by molar-refractivity contribution is 0.0958. The zero-order valence-electron chi connectivity index (χ0n) is 20.1. The fourth-order valence-electron chi connectivity index (χ4n) is 5.64. The Morgan fingerprint density at radius 3 is 2.59 bits per heavy atom. The molecule has 2 fully saturated rings. The van der Waals surface area contributed by atoms with E-state index in [0.717, 1.165) is 73.7 Å². The number of pyridine rings is 1. The first-order chi connectivity index (χ1) is 16.4. The molecule has 1 atom stereocenters. The van der Waals surface area contributed by atoms with Crippen molar-refractivity contribution in [1.82, 2.24) is 25.2 Å². The molecule has 2 aliphatic heterocycles. The van der Waals surface area contributed by atoms with Gasteiger partial charge in [-0.3, -0.25) is 14.5 Å². The first-order valence-electron chi connectivity index (χ1n) is 12.1. The molecule has 3 aromatic rings. The summed E-state index contributed by atoms with van der Waals surface area (Å²) in [4.78, 5) is 41.8. The molecule has 2 saturated heterocycles. The minimum Gasteiger partial charge on any atom is -0.370 e. The number of H-pyrrole nitrogens is 1. The molecule has 1 amide bonds. The Kier molecular flexibility index (Phi) is 6.08. The second kappa shape index (κ2) is 9.18. The van der Waals surface area contributed by atoms with Gasteiger partial charge in [0.1, 0.15) is 11.5 Å². The van der Waals surface area contributed by atoms with Crippen molar-refractivity contribution in [2.45, 2.75) is 45.1 Å². The largest absolute Gasteiger partial charge is 0.370 e. The van der Waals surface area contributed by atoms with Crippen LogP contribution in [0.5, 0.6) is 0 Å². The number of carbonyl (C=O) groups is 1. The molecule has 0 spiro atoms. The van der Waals surface area contributed by atoms with Crippen molar-refractivity contribution in [3.05, 3.63) is 63.5 Å². The number of hydrogen-bond donors (Lipinski definition) is 2. The number of anilines is 1. The first kappa shape index (κ1) is 22.5. The van der Waals surface area contributed by atoms with Gasteiger partial charge in [-0.2, -0.15) is 0 Å². The van der Waals surface area contributed by atoms with Gasteiger partial charge in [0.15, 0.2) is 0 Å². The van der Waals surface area contributed by atoms with Crippen molar-refractivity contribution < 1.29 is 4.79 Å². The van der Waals surface area contributed by atoms with Crippen LogP contribution in [-0.2, 0) is 0 Å². The first-order valence-corrected chi connectivity index (χ1v) is 12.1. The third-order valence-corrected chi connectivity index (χ3v) is 7.35. The predicted octanol–water partition coefficient (Wildman–Crippen LogP) is 2.75. The molecule has 8 heteroatoms. The highest BCUT2D eigenvalue weighted by Crippen LogP contribution is 2.32. The SMILES string of the molecule is CNC(=O)c1cc(C)c(N2CCC(N3CCC(c4nc5ccccc5c(=O)[nH]4)C3)CC2)c(C)n1. The second-order valence-electron chi connectivity index (χ2n) is 9.50. The van der Waals surface area contributed by atoms with Gasteiger partial charge < -0.3 is 15.2 Å². The molecule has 0 aliphatic carbocycles. The number of fused-ring (bicyclic) bond motifs is 1. The van der Waals surface area contributed by atoms with E-state index in [2.05, 4.69) is 32.0 Å². The van der Waals surface area contributed by atoms with E-state index in [1.807, 2.05) is 37.3 Å². The van der Waals surface area contributed by atoms with Crippen molar-refractivity contribution in [1.29, 1.82) is 0 Å². The third-order valence-electron chi connectivity index (χ3n) is 7.35. The number of carbonyl (C=O) groups excluding carboxylic acids is 1. The summed E-state index contributed by atoms with van der Waals surface area (Å²) in [5, 5.41) is 3.30. The number of aryl methyl sites for hydroxylation is 2. The standard InChI is InChI=1S/C26H32N6O2/c1-16-14-22(26(34)27-3)28-17(2)23(16)31-12-9-19(10-13-31)32-11-8-18(15-32)24-29-21-7-5-4-6-20(21)25(33)30-24/h4-7,14,18-19H,8-13,15H2,1-3H3,(H,27,34)(H,29,30,33). The van der Waals surface area contributed by atoms with Crippen molar-refractivity contribution in [2.24, 2.45) is 0 Å². The molecule has 1 unspecified atom stereocenters. The lowest BCUT2D eigenvalue weighted by Gasteiger charge is -2.39. The van der Waals surface area contributed by atoms with E-state index in [9.17, 15) is 9.59 Å². The monoisotopic (exact) mass is 460 g/mol. The van der Waals surface area contributed by atoms with Crippen LogP contribution in [0.1, 0.15) is 52.8 Å². The fraction of sp³-hybridized carbons (Fsp3) is 0.462. The van der Waals surface area contributed by atoms with Gasteiger partial charge in [0.2, 0.25) is 0 Å². The zero-order chi connectivity index (χ0) is 23.8. The van der Waals surface area contributed by atoms with Crippen LogP contribution in [-0.4, -0.2) is 65.0 Å². The number of likely N-dealkylation sites (tertiary alicyclic amines) is 1. The molecular formula is C26H32N6O2. The second-order valence-corrected chi connectivity index (χ2v) is 9.50. The molecule has 0 radical (unpaired) electrons. The van der Waals surface area contributed by atoms with Gasteiger partial charge in [-0.15, -0.1) is 0 Å². The number of benzene rings is 1. The van der Waals surface area contributed by atoms with Crippen LogP contribution >= 0.6 is 0 Å². The summed E-state index contributed by atoms with van der Waals surface area (Å²) in [6.07, 6.45) is 3.19. The predicted molar refractivity (Wildman–Crippen MR) is 134 cm³/mol. The molecule has 34 heavy (non-hydrogen) atoms. The van der Waals surface area contributed by atoms with Gasteiger partial charge in [0, 0.05) is 38.6 Å². The van der Waals surface area contributed by atoms with Crippen LogP contribution in [0.4, 0.5) is 5.69 Å². The quantitative estimate of drug-likeness (QED) is 0.622. The van der Waals surface area contributed by atoms with Crippen LogP contribution in [0.15, 0.2) is 35.1 Å². The minimum atomic E-state index is -0.151. The Morgan fingerprint density at radius 1 is 1.09 bits per heavy atom. The summed E-state index contributed by atoms with van der Waals surface area (Å²) >= 11 is 0. The summed E-state index contributed by atoms with van der Waals surface area (Å²) in [6.45, 7) is 7.96.